The minimum atomic E-state index is -0.229. The SMILES string of the molecule is CC(C)(CO)c1cccnc1Br. The molecule has 1 rings (SSSR count). The quantitative estimate of drug-likeness (QED) is 0.789. The van der Waals surface area contributed by atoms with Gasteiger partial charge in [0, 0.05) is 11.6 Å². The first-order valence-corrected chi connectivity index (χ1v) is 4.59. The molecule has 2 nitrogen and oxygen atoms in total. The Labute approximate surface area is 80.8 Å². The van der Waals surface area contributed by atoms with Crippen molar-refractivity contribution in [3.05, 3.63) is 28.5 Å². The van der Waals surface area contributed by atoms with E-state index in [4.69, 9.17) is 5.11 Å². The van der Waals surface area contributed by atoms with Crippen LogP contribution in [0.3, 0.4) is 0 Å². The first-order chi connectivity index (χ1) is 5.58. The zero-order valence-corrected chi connectivity index (χ0v) is 8.80. The summed E-state index contributed by atoms with van der Waals surface area (Å²) < 4.78 is 0.809. The maximum absolute atomic E-state index is 9.12. The molecular weight excluding hydrogens is 218 g/mol. The molecule has 0 fully saturated rings. The van der Waals surface area contributed by atoms with Crippen LogP contribution in [0.25, 0.3) is 0 Å². The highest BCUT2D eigenvalue weighted by Gasteiger charge is 2.21. The minimum Gasteiger partial charge on any atom is -0.395 e. The minimum absolute atomic E-state index is 0.122. The molecule has 0 radical (unpaired) electrons. The molecule has 0 unspecified atom stereocenters. The average molecular weight is 230 g/mol. The standard InChI is InChI=1S/C9H12BrNO/c1-9(2,6-12)7-4-3-5-11-8(7)10/h3-5,12H,6H2,1-2H3. The third-order valence-corrected chi connectivity index (χ3v) is 2.52. The van der Waals surface area contributed by atoms with Gasteiger partial charge in [0.25, 0.3) is 0 Å². The van der Waals surface area contributed by atoms with E-state index in [1.165, 1.54) is 0 Å². The van der Waals surface area contributed by atoms with Crippen LogP contribution in [0.4, 0.5) is 0 Å². The molecule has 0 amide bonds. The smallest absolute Gasteiger partial charge is 0.109 e. The molecule has 1 aromatic rings. The van der Waals surface area contributed by atoms with E-state index in [0.29, 0.717) is 0 Å². The summed E-state index contributed by atoms with van der Waals surface area (Å²) in [5, 5.41) is 9.12. The molecule has 0 spiro atoms. The lowest BCUT2D eigenvalue weighted by atomic mass is 9.87. The Kier molecular flexibility index (Phi) is 2.85. The lowest BCUT2D eigenvalue weighted by Gasteiger charge is -2.22. The van der Waals surface area contributed by atoms with Crippen LogP contribution in [0.1, 0.15) is 19.4 Å². The van der Waals surface area contributed by atoms with Gasteiger partial charge in [0.2, 0.25) is 0 Å². The molecule has 12 heavy (non-hydrogen) atoms. The zero-order chi connectivity index (χ0) is 9.19. The van der Waals surface area contributed by atoms with Gasteiger partial charge < -0.3 is 5.11 Å². The molecule has 0 saturated heterocycles. The fourth-order valence-corrected chi connectivity index (χ4v) is 1.76. The Bertz CT molecular complexity index is 273. The lowest BCUT2D eigenvalue weighted by molar-refractivity contribution is 0.217. The van der Waals surface area contributed by atoms with Crippen LogP contribution in [-0.2, 0) is 5.41 Å². The molecule has 0 atom stereocenters. The molecule has 0 aliphatic heterocycles. The first-order valence-electron chi connectivity index (χ1n) is 3.80. The van der Waals surface area contributed by atoms with E-state index >= 15 is 0 Å². The molecule has 0 aliphatic rings. The summed E-state index contributed by atoms with van der Waals surface area (Å²) in [6.07, 6.45) is 1.72. The number of halogens is 1. The number of aromatic nitrogens is 1. The molecule has 0 saturated carbocycles. The first kappa shape index (κ1) is 9.68. The van der Waals surface area contributed by atoms with Crippen molar-refractivity contribution >= 4 is 15.9 Å². The summed E-state index contributed by atoms with van der Waals surface area (Å²) in [5.41, 5.74) is 0.806. The maximum Gasteiger partial charge on any atom is 0.109 e. The van der Waals surface area contributed by atoms with Gasteiger partial charge in [-0.3, -0.25) is 0 Å². The Morgan fingerprint density at radius 3 is 2.75 bits per heavy atom. The highest BCUT2D eigenvalue weighted by molar-refractivity contribution is 9.10. The van der Waals surface area contributed by atoms with Crippen LogP contribution in [0.2, 0.25) is 0 Å². The predicted octanol–water partition coefficient (Wildman–Crippen LogP) is 2.11. The van der Waals surface area contributed by atoms with Crippen molar-refractivity contribution in [3.63, 3.8) is 0 Å². The number of aliphatic hydroxyl groups is 1. The van der Waals surface area contributed by atoms with E-state index in [1.807, 2.05) is 26.0 Å². The van der Waals surface area contributed by atoms with E-state index < -0.39 is 0 Å². The fourth-order valence-electron chi connectivity index (χ4n) is 0.976. The summed E-state index contributed by atoms with van der Waals surface area (Å²) in [7, 11) is 0. The van der Waals surface area contributed by atoms with E-state index in [0.717, 1.165) is 10.2 Å². The molecular formula is C9H12BrNO. The number of rotatable bonds is 2. The summed E-state index contributed by atoms with van der Waals surface area (Å²) >= 11 is 3.35. The summed E-state index contributed by atoms with van der Waals surface area (Å²) in [5.74, 6) is 0. The molecule has 1 heterocycles. The van der Waals surface area contributed by atoms with Gasteiger partial charge in [-0.2, -0.15) is 0 Å². The largest absolute Gasteiger partial charge is 0.395 e. The second-order valence-electron chi connectivity index (χ2n) is 3.38. The van der Waals surface area contributed by atoms with Crippen LogP contribution < -0.4 is 0 Å². The maximum atomic E-state index is 9.12. The van der Waals surface area contributed by atoms with Crippen molar-refractivity contribution in [2.75, 3.05) is 6.61 Å². The van der Waals surface area contributed by atoms with E-state index in [2.05, 4.69) is 20.9 Å². The van der Waals surface area contributed by atoms with Crippen molar-refractivity contribution in [1.82, 2.24) is 4.98 Å². The number of pyridine rings is 1. The highest BCUT2D eigenvalue weighted by atomic mass is 79.9. The predicted molar refractivity (Wildman–Crippen MR) is 52.0 cm³/mol. The van der Waals surface area contributed by atoms with Crippen molar-refractivity contribution in [3.8, 4) is 0 Å². The fraction of sp³-hybridized carbons (Fsp3) is 0.444. The topological polar surface area (TPSA) is 33.1 Å². The summed E-state index contributed by atoms with van der Waals surface area (Å²) in [6.45, 7) is 4.08. The van der Waals surface area contributed by atoms with Crippen LogP contribution >= 0.6 is 15.9 Å². The third-order valence-electron chi connectivity index (χ3n) is 1.88. The number of hydrogen-bond donors (Lipinski definition) is 1. The monoisotopic (exact) mass is 229 g/mol. The van der Waals surface area contributed by atoms with Crippen molar-refractivity contribution in [2.45, 2.75) is 19.3 Å². The second kappa shape index (κ2) is 3.54. The Morgan fingerprint density at radius 2 is 2.25 bits per heavy atom. The molecule has 3 heteroatoms. The zero-order valence-electron chi connectivity index (χ0n) is 7.21. The second-order valence-corrected chi connectivity index (χ2v) is 4.13. The van der Waals surface area contributed by atoms with Gasteiger partial charge in [0.05, 0.1) is 6.61 Å². The van der Waals surface area contributed by atoms with Gasteiger partial charge in [0.15, 0.2) is 0 Å². The number of hydrogen-bond acceptors (Lipinski definition) is 2. The number of nitrogens with zero attached hydrogens (tertiary/aromatic N) is 1. The van der Waals surface area contributed by atoms with Gasteiger partial charge >= 0.3 is 0 Å². The van der Waals surface area contributed by atoms with Gasteiger partial charge in [-0.1, -0.05) is 19.9 Å². The van der Waals surface area contributed by atoms with Gasteiger partial charge in [-0.25, -0.2) is 4.98 Å². The van der Waals surface area contributed by atoms with Crippen LogP contribution in [0.15, 0.2) is 22.9 Å². The van der Waals surface area contributed by atoms with Crippen LogP contribution in [0, 0.1) is 0 Å². The van der Waals surface area contributed by atoms with Crippen molar-refractivity contribution in [1.29, 1.82) is 0 Å². The van der Waals surface area contributed by atoms with Crippen molar-refractivity contribution in [2.24, 2.45) is 0 Å². The van der Waals surface area contributed by atoms with Gasteiger partial charge in [-0.05, 0) is 27.6 Å². The highest BCUT2D eigenvalue weighted by Crippen LogP contribution is 2.27. The lowest BCUT2D eigenvalue weighted by Crippen LogP contribution is -2.22. The molecule has 1 N–H and O–H groups in total. The molecule has 0 aromatic carbocycles. The van der Waals surface area contributed by atoms with E-state index in [1.54, 1.807) is 6.20 Å². The average Bonchev–Trinajstić information content (AvgIpc) is 2.05. The summed E-state index contributed by atoms with van der Waals surface area (Å²) in [4.78, 5) is 4.10. The van der Waals surface area contributed by atoms with E-state index in [9.17, 15) is 0 Å². The molecule has 0 aliphatic carbocycles. The van der Waals surface area contributed by atoms with Crippen molar-refractivity contribution < 1.29 is 5.11 Å². The molecule has 66 valence electrons. The van der Waals surface area contributed by atoms with E-state index in [-0.39, 0.29) is 12.0 Å². The summed E-state index contributed by atoms with van der Waals surface area (Å²) in [6, 6.07) is 3.84. The van der Waals surface area contributed by atoms with Crippen LogP contribution in [0.5, 0.6) is 0 Å². The Morgan fingerprint density at radius 1 is 1.58 bits per heavy atom. The third kappa shape index (κ3) is 1.84. The van der Waals surface area contributed by atoms with Crippen LogP contribution in [-0.4, -0.2) is 16.7 Å². The molecule has 0 bridgehead atoms. The Hall–Kier alpha value is -0.410. The normalized spacial score (nSPS) is 11.7. The molecule has 1 aromatic heterocycles. The number of aliphatic hydroxyl groups excluding tert-OH is 1. The Balaban J connectivity index is 3.10. The van der Waals surface area contributed by atoms with Gasteiger partial charge in [-0.15, -0.1) is 0 Å². The van der Waals surface area contributed by atoms with Gasteiger partial charge in [0.1, 0.15) is 4.60 Å².